The van der Waals surface area contributed by atoms with Crippen LogP contribution < -0.4 is 10.2 Å². The molecule has 0 radical (unpaired) electrons. The molecule has 1 aromatic rings. The number of hydrogen-bond acceptors (Lipinski definition) is 3. The van der Waals surface area contributed by atoms with Crippen LogP contribution in [-0.4, -0.2) is 43.7 Å². The van der Waals surface area contributed by atoms with E-state index in [4.69, 9.17) is 0 Å². The summed E-state index contributed by atoms with van der Waals surface area (Å²) >= 11 is 3.62. The Balaban J connectivity index is 2.24. The molecule has 0 bridgehead atoms. The lowest BCUT2D eigenvalue weighted by atomic mass is 10.1. The third kappa shape index (κ3) is 3.54. The Morgan fingerprint density at radius 1 is 1.25 bits per heavy atom. The van der Waals surface area contributed by atoms with E-state index in [0.717, 1.165) is 30.7 Å². The van der Waals surface area contributed by atoms with E-state index in [1.807, 2.05) is 0 Å². The molecule has 1 heterocycles. The van der Waals surface area contributed by atoms with E-state index >= 15 is 0 Å². The molecule has 1 N–H and O–H groups in total. The van der Waals surface area contributed by atoms with Crippen molar-refractivity contribution in [2.45, 2.75) is 39.4 Å². The van der Waals surface area contributed by atoms with Crippen LogP contribution in [0, 0.1) is 0 Å². The molecular weight excluding hydrogens is 314 g/mol. The Morgan fingerprint density at radius 3 is 2.50 bits per heavy atom. The van der Waals surface area contributed by atoms with E-state index in [1.54, 1.807) is 0 Å². The summed E-state index contributed by atoms with van der Waals surface area (Å²) in [5, 5.41) is 3.44. The van der Waals surface area contributed by atoms with Crippen LogP contribution >= 0.6 is 15.9 Å². The molecule has 1 aliphatic rings. The average molecular weight is 340 g/mol. The SMILES string of the molecule is CCNCc1ccc(Br)cc1N1CC(C)N(C)C(C)C1. The van der Waals surface area contributed by atoms with Crippen molar-refractivity contribution in [2.24, 2.45) is 0 Å². The molecule has 4 heteroatoms. The van der Waals surface area contributed by atoms with Gasteiger partial charge in [-0.1, -0.05) is 28.9 Å². The van der Waals surface area contributed by atoms with E-state index in [-0.39, 0.29) is 0 Å². The lowest BCUT2D eigenvalue weighted by molar-refractivity contribution is 0.170. The van der Waals surface area contributed by atoms with Crippen molar-refractivity contribution in [3.63, 3.8) is 0 Å². The lowest BCUT2D eigenvalue weighted by Crippen LogP contribution is -2.55. The summed E-state index contributed by atoms with van der Waals surface area (Å²) in [5.41, 5.74) is 2.76. The summed E-state index contributed by atoms with van der Waals surface area (Å²) in [6.45, 7) is 10.9. The molecule has 20 heavy (non-hydrogen) atoms. The van der Waals surface area contributed by atoms with Gasteiger partial charge >= 0.3 is 0 Å². The predicted molar refractivity (Wildman–Crippen MR) is 90.4 cm³/mol. The summed E-state index contributed by atoms with van der Waals surface area (Å²) in [4.78, 5) is 5.01. The van der Waals surface area contributed by atoms with Crippen LogP contribution in [-0.2, 0) is 6.54 Å². The Labute approximate surface area is 131 Å². The Morgan fingerprint density at radius 2 is 1.90 bits per heavy atom. The number of likely N-dealkylation sites (N-methyl/N-ethyl adjacent to an activating group) is 1. The second-order valence-corrected chi connectivity index (χ2v) is 6.74. The number of benzene rings is 1. The summed E-state index contributed by atoms with van der Waals surface area (Å²) in [7, 11) is 2.23. The van der Waals surface area contributed by atoms with Crippen molar-refractivity contribution in [2.75, 3.05) is 31.6 Å². The number of nitrogens with one attached hydrogen (secondary N) is 1. The van der Waals surface area contributed by atoms with Gasteiger partial charge in [0.2, 0.25) is 0 Å². The number of hydrogen-bond donors (Lipinski definition) is 1. The molecule has 1 saturated heterocycles. The van der Waals surface area contributed by atoms with E-state index in [0.29, 0.717) is 12.1 Å². The molecule has 0 aliphatic carbocycles. The smallest absolute Gasteiger partial charge is 0.0424 e. The van der Waals surface area contributed by atoms with E-state index in [9.17, 15) is 0 Å². The Kier molecular flexibility index (Phi) is 5.47. The number of anilines is 1. The fourth-order valence-electron chi connectivity index (χ4n) is 2.84. The van der Waals surface area contributed by atoms with Crippen LogP contribution in [0.2, 0.25) is 0 Å². The first-order valence-electron chi connectivity index (χ1n) is 7.49. The van der Waals surface area contributed by atoms with Crippen LogP contribution in [0.3, 0.4) is 0 Å². The zero-order valence-corrected chi connectivity index (χ0v) is 14.6. The zero-order valence-electron chi connectivity index (χ0n) is 13.0. The van der Waals surface area contributed by atoms with Crippen molar-refractivity contribution in [3.05, 3.63) is 28.2 Å². The molecule has 0 aromatic heterocycles. The third-order valence-electron chi connectivity index (χ3n) is 4.31. The summed E-state index contributed by atoms with van der Waals surface area (Å²) in [6, 6.07) is 7.81. The first-order chi connectivity index (χ1) is 9.52. The highest BCUT2D eigenvalue weighted by Crippen LogP contribution is 2.28. The molecule has 3 nitrogen and oxygen atoms in total. The van der Waals surface area contributed by atoms with Gasteiger partial charge in [-0.25, -0.2) is 0 Å². The first kappa shape index (κ1) is 15.8. The molecule has 2 unspecified atom stereocenters. The van der Waals surface area contributed by atoms with Crippen molar-refractivity contribution in [3.8, 4) is 0 Å². The van der Waals surface area contributed by atoms with Crippen LogP contribution in [0.25, 0.3) is 0 Å². The number of halogens is 1. The highest BCUT2D eigenvalue weighted by molar-refractivity contribution is 9.10. The molecule has 0 amide bonds. The number of nitrogens with zero attached hydrogens (tertiary/aromatic N) is 2. The molecule has 2 rings (SSSR count). The van der Waals surface area contributed by atoms with Crippen molar-refractivity contribution in [1.82, 2.24) is 10.2 Å². The second kappa shape index (κ2) is 6.92. The highest BCUT2D eigenvalue weighted by atomic mass is 79.9. The average Bonchev–Trinajstić information content (AvgIpc) is 2.43. The minimum Gasteiger partial charge on any atom is -0.368 e. The maximum absolute atomic E-state index is 3.62. The van der Waals surface area contributed by atoms with Gasteiger partial charge in [0.15, 0.2) is 0 Å². The molecule has 1 aliphatic heterocycles. The van der Waals surface area contributed by atoms with Gasteiger partial charge in [0.25, 0.3) is 0 Å². The minimum absolute atomic E-state index is 0.588. The van der Waals surface area contributed by atoms with E-state index in [2.05, 4.69) is 77.1 Å². The van der Waals surface area contributed by atoms with Crippen LogP contribution in [0.15, 0.2) is 22.7 Å². The van der Waals surface area contributed by atoms with Gasteiger partial charge in [-0.15, -0.1) is 0 Å². The lowest BCUT2D eigenvalue weighted by Gasteiger charge is -2.44. The van der Waals surface area contributed by atoms with Crippen molar-refractivity contribution in [1.29, 1.82) is 0 Å². The minimum atomic E-state index is 0.588. The van der Waals surface area contributed by atoms with Gasteiger partial charge < -0.3 is 10.2 Å². The fraction of sp³-hybridized carbons (Fsp3) is 0.625. The van der Waals surface area contributed by atoms with Crippen LogP contribution in [0.4, 0.5) is 5.69 Å². The maximum atomic E-state index is 3.62. The predicted octanol–water partition coefficient (Wildman–Crippen LogP) is 3.09. The van der Waals surface area contributed by atoms with Gasteiger partial charge in [-0.2, -0.15) is 0 Å². The van der Waals surface area contributed by atoms with Crippen LogP contribution in [0.5, 0.6) is 0 Å². The molecule has 0 saturated carbocycles. The first-order valence-corrected chi connectivity index (χ1v) is 8.28. The molecule has 2 atom stereocenters. The summed E-state index contributed by atoms with van der Waals surface area (Å²) < 4.78 is 1.16. The summed E-state index contributed by atoms with van der Waals surface area (Å²) in [5.74, 6) is 0. The van der Waals surface area contributed by atoms with Gasteiger partial charge in [0, 0.05) is 41.9 Å². The zero-order chi connectivity index (χ0) is 14.7. The number of piperazine rings is 1. The Hall–Kier alpha value is -0.580. The molecular formula is C16H26BrN3. The Bertz CT molecular complexity index is 437. The quantitative estimate of drug-likeness (QED) is 0.909. The normalized spacial score (nSPS) is 24.1. The van der Waals surface area contributed by atoms with E-state index in [1.165, 1.54) is 11.3 Å². The monoisotopic (exact) mass is 339 g/mol. The molecule has 1 fully saturated rings. The fourth-order valence-corrected chi connectivity index (χ4v) is 3.19. The maximum Gasteiger partial charge on any atom is 0.0424 e. The van der Waals surface area contributed by atoms with Gasteiger partial charge in [0.05, 0.1) is 0 Å². The van der Waals surface area contributed by atoms with Crippen molar-refractivity contribution >= 4 is 21.6 Å². The standard InChI is InChI=1S/C16H26BrN3/c1-5-18-9-14-6-7-15(17)8-16(14)20-10-12(2)19(4)13(3)11-20/h6-8,12-13,18H,5,9-11H2,1-4H3. The third-order valence-corrected chi connectivity index (χ3v) is 4.81. The molecule has 1 aromatic carbocycles. The van der Waals surface area contributed by atoms with Crippen LogP contribution in [0.1, 0.15) is 26.3 Å². The highest BCUT2D eigenvalue weighted by Gasteiger charge is 2.27. The van der Waals surface area contributed by atoms with E-state index < -0.39 is 0 Å². The second-order valence-electron chi connectivity index (χ2n) is 5.82. The van der Waals surface area contributed by atoms with Crippen molar-refractivity contribution < 1.29 is 0 Å². The summed E-state index contributed by atoms with van der Waals surface area (Å²) in [6.07, 6.45) is 0. The molecule has 112 valence electrons. The van der Waals surface area contributed by atoms with Gasteiger partial charge in [0.1, 0.15) is 0 Å². The topological polar surface area (TPSA) is 18.5 Å². The van der Waals surface area contributed by atoms with Gasteiger partial charge in [-0.05, 0) is 45.1 Å². The largest absolute Gasteiger partial charge is 0.368 e. The molecule has 0 spiro atoms. The number of rotatable bonds is 4. The van der Waals surface area contributed by atoms with Gasteiger partial charge in [-0.3, -0.25) is 4.90 Å².